The van der Waals surface area contributed by atoms with E-state index in [1.54, 1.807) is 6.07 Å². The maximum atomic E-state index is 11.1. The molecule has 1 aromatic carbocycles. The summed E-state index contributed by atoms with van der Waals surface area (Å²) in [6, 6.07) is 3.63. The molecule has 0 saturated heterocycles. The van der Waals surface area contributed by atoms with Crippen molar-refractivity contribution in [3.8, 4) is 0 Å². The number of hydrogen-bond donors (Lipinski definition) is 2. The Balaban J connectivity index is 2.23. The Labute approximate surface area is 107 Å². The number of carboxylic acids is 1. The molecule has 1 fully saturated rings. The van der Waals surface area contributed by atoms with Crippen LogP contribution in [-0.2, 0) is 0 Å². The summed E-state index contributed by atoms with van der Waals surface area (Å²) in [4.78, 5) is 13.3. The average Bonchev–Trinajstić information content (AvgIpc) is 2.26. The van der Waals surface area contributed by atoms with Crippen molar-refractivity contribution in [3.05, 3.63) is 23.3 Å². The summed E-state index contributed by atoms with van der Waals surface area (Å²) < 4.78 is 0. The van der Waals surface area contributed by atoms with Gasteiger partial charge >= 0.3 is 5.97 Å². The van der Waals surface area contributed by atoms with Crippen molar-refractivity contribution in [2.45, 2.75) is 26.2 Å². The third-order valence-electron chi connectivity index (χ3n) is 3.80. The Morgan fingerprint density at radius 2 is 2.17 bits per heavy atom. The number of rotatable bonds is 4. The van der Waals surface area contributed by atoms with Gasteiger partial charge in [-0.1, -0.05) is 6.42 Å². The van der Waals surface area contributed by atoms with Crippen molar-refractivity contribution in [3.63, 3.8) is 0 Å². The summed E-state index contributed by atoms with van der Waals surface area (Å²) in [6.45, 7) is 2.84. The first-order valence-electron chi connectivity index (χ1n) is 6.33. The minimum atomic E-state index is -0.963. The smallest absolute Gasteiger partial charge is 0.337 e. The van der Waals surface area contributed by atoms with Gasteiger partial charge in [-0.15, -0.1) is 0 Å². The lowest BCUT2D eigenvalue weighted by Crippen LogP contribution is -2.29. The van der Waals surface area contributed by atoms with E-state index < -0.39 is 5.97 Å². The molecule has 1 aromatic rings. The molecule has 0 aromatic heterocycles. The van der Waals surface area contributed by atoms with Crippen molar-refractivity contribution in [1.82, 2.24) is 0 Å². The van der Waals surface area contributed by atoms with Gasteiger partial charge in [0, 0.05) is 25.0 Å². The third-order valence-corrected chi connectivity index (χ3v) is 3.80. The van der Waals surface area contributed by atoms with E-state index in [1.165, 1.54) is 19.3 Å². The fourth-order valence-electron chi connectivity index (χ4n) is 2.34. The van der Waals surface area contributed by atoms with Crippen LogP contribution < -0.4 is 10.6 Å². The molecule has 2 rings (SSSR count). The first-order chi connectivity index (χ1) is 8.49. The monoisotopic (exact) mass is 248 g/mol. The van der Waals surface area contributed by atoms with Gasteiger partial charge in [-0.05, 0) is 43.4 Å². The molecule has 1 aliphatic carbocycles. The zero-order chi connectivity index (χ0) is 13.3. The molecule has 1 saturated carbocycles. The average molecular weight is 248 g/mol. The zero-order valence-corrected chi connectivity index (χ0v) is 10.9. The number of anilines is 2. The molecule has 4 nitrogen and oxygen atoms in total. The summed E-state index contributed by atoms with van der Waals surface area (Å²) in [7, 11) is 2.01. The molecule has 0 radical (unpaired) electrons. The van der Waals surface area contributed by atoms with Gasteiger partial charge in [-0.25, -0.2) is 4.79 Å². The minimum absolute atomic E-state index is 0.199. The van der Waals surface area contributed by atoms with Crippen LogP contribution in [0.4, 0.5) is 11.4 Å². The maximum absolute atomic E-state index is 11.1. The Hall–Kier alpha value is -1.71. The number of carbonyl (C=O) groups is 1. The molecule has 0 amide bonds. The normalized spacial score (nSPS) is 15.2. The second-order valence-corrected chi connectivity index (χ2v) is 5.21. The Bertz CT molecular complexity index is 467. The van der Waals surface area contributed by atoms with Crippen LogP contribution >= 0.6 is 0 Å². The Kier molecular flexibility index (Phi) is 3.45. The van der Waals surface area contributed by atoms with Gasteiger partial charge in [0.25, 0.3) is 0 Å². The van der Waals surface area contributed by atoms with Crippen LogP contribution in [0.15, 0.2) is 12.1 Å². The Morgan fingerprint density at radius 1 is 1.50 bits per heavy atom. The SMILES string of the molecule is Cc1cc(N(C)CC2CCC2)cc(C(=O)O)c1N. The number of carboxylic acid groups (broad SMARTS) is 1. The number of aryl methyl sites for hydroxylation is 1. The first kappa shape index (κ1) is 12.7. The predicted octanol–water partition coefficient (Wildman–Crippen LogP) is 2.51. The summed E-state index contributed by atoms with van der Waals surface area (Å²) in [5, 5.41) is 9.14. The highest BCUT2D eigenvalue weighted by Crippen LogP contribution is 2.30. The molecule has 1 aliphatic rings. The molecule has 98 valence electrons. The number of nitrogen functional groups attached to an aromatic ring is 1. The fourth-order valence-corrected chi connectivity index (χ4v) is 2.34. The number of aromatic carboxylic acids is 1. The third kappa shape index (κ3) is 2.42. The first-order valence-corrected chi connectivity index (χ1v) is 6.33. The highest BCUT2D eigenvalue weighted by molar-refractivity contribution is 5.95. The van der Waals surface area contributed by atoms with Crippen LogP contribution in [0, 0.1) is 12.8 Å². The highest BCUT2D eigenvalue weighted by Gasteiger charge is 2.20. The molecule has 3 N–H and O–H groups in total. The van der Waals surface area contributed by atoms with E-state index in [9.17, 15) is 4.79 Å². The van der Waals surface area contributed by atoms with Crippen molar-refractivity contribution >= 4 is 17.3 Å². The van der Waals surface area contributed by atoms with E-state index >= 15 is 0 Å². The highest BCUT2D eigenvalue weighted by atomic mass is 16.4. The topological polar surface area (TPSA) is 66.6 Å². The second-order valence-electron chi connectivity index (χ2n) is 5.21. The lowest BCUT2D eigenvalue weighted by Gasteiger charge is -2.31. The van der Waals surface area contributed by atoms with Crippen molar-refractivity contribution in [2.75, 3.05) is 24.2 Å². The van der Waals surface area contributed by atoms with Crippen LogP contribution in [0.5, 0.6) is 0 Å². The Morgan fingerprint density at radius 3 is 2.67 bits per heavy atom. The number of benzene rings is 1. The van der Waals surface area contributed by atoms with Gasteiger partial charge in [0.15, 0.2) is 0 Å². The van der Waals surface area contributed by atoms with Crippen LogP contribution in [0.25, 0.3) is 0 Å². The van der Waals surface area contributed by atoms with Gasteiger partial charge in [-0.3, -0.25) is 0 Å². The van der Waals surface area contributed by atoms with Gasteiger partial charge < -0.3 is 15.7 Å². The van der Waals surface area contributed by atoms with Crippen molar-refractivity contribution in [1.29, 1.82) is 0 Å². The molecule has 18 heavy (non-hydrogen) atoms. The van der Waals surface area contributed by atoms with Gasteiger partial charge in [-0.2, -0.15) is 0 Å². The predicted molar refractivity (Wildman–Crippen MR) is 73.2 cm³/mol. The lowest BCUT2D eigenvalue weighted by molar-refractivity contribution is 0.0698. The van der Waals surface area contributed by atoms with Crippen LogP contribution in [0.2, 0.25) is 0 Å². The van der Waals surface area contributed by atoms with E-state index in [2.05, 4.69) is 4.90 Å². The molecule has 0 atom stereocenters. The summed E-state index contributed by atoms with van der Waals surface area (Å²) in [5.41, 5.74) is 8.12. The largest absolute Gasteiger partial charge is 0.478 e. The van der Waals surface area contributed by atoms with E-state index in [0.29, 0.717) is 5.69 Å². The summed E-state index contributed by atoms with van der Waals surface area (Å²) in [6.07, 6.45) is 3.88. The number of nitrogens with zero attached hydrogens (tertiary/aromatic N) is 1. The van der Waals surface area contributed by atoms with E-state index in [0.717, 1.165) is 23.7 Å². The molecule has 0 bridgehead atoms. The summed E-state index contributed by atoms with van der Waals surface area (Å²) >= 11 is 0. The second kappa shape index (κ2) is 4.88. The lowest BCUT2D eigenvalue weighted by atomic mass is 9.85. The number of hydrogen-bond acceptors (Lipinski definition) is 3. The van der Waals surface area contributed by atoms with Gasteiger partial charge in [0.1, 0.15) is 0 Å². The van der Waals surface area contributed by atoms with E-state index in [1.807, 2.05) is 20.0 Å². The molecule has 0 heterocycles. The van der Waals surface area contributed by atoms with Crippen LogP contribution in [-0.4, -0.2) is 24.7 Å². The van der Waals surface area contributed by atoms with Crippen molar-refractivity contribution in [2.24, 2.45) is 5.92 Å². The van der Waals surface area contributed by atoms with Gasteiger partial charge in [0.05, 0.1) is 5.56 Å². The molecule has 0 aliphatic heterocycles. The number of nitrogens with two attached hydrogens (primary N) is 1. The van der Waals surface area contributed by atoms with Gasteiger partial charge in [0.2, 0.25) is 0 Å². The van der Waals surface area contributed by atoms with Crippen molar-refractivity contribution < 1.29 is 9.90 Å². The standard InChI is InChI=1S/C14H20N2O2/c1-9-6-11(7-12(13(9)15)14(17)18)16(2)8-10-4-3-5-10/h6-7,10H,3-5,8,15H2,1-2H3,(H,17,18). The quantitative estimate of drug-likeness (QED) is 0.803. The fraction of sp³-hybridized carbons (Fsp3) is 0.500. The molecule has 0 unspecified atom stereocenters. The molecular weight excluding hydrogens is 228 g/mol. The minimum Gasteiger partial charge on any atom is -0.478 e. The van der Waals surface area contributed by atoms with Crippen LogP contribution in [0.3, 0.4) is 0 Å². The van der Waals surface area contributed by atoms with Crippen LogP contribution in [0.1, 0.15) is 35.2 Å². The summed E-state index contributed by atoms with van der Waals surface area (Å²) in [5.74, 6) is -0.212. The van der Waals surface area contributed by atoms with E-state index in [-0.39, 0.29) is 5.56 Å². The molecule has 0 spiro atoms. The zero-order valence-electron chi connectivity index (χ0n) is 10.9. The maximum Gasteiger partial charge on any atom is 0.337 e. The molecule has 4 heteroatoms. The molecular formula is C14H20N2O2. The van der Waals surface area contributed by atoms with E-state index in [4.69, 9.17) is 10.8 Å².